The number of carbonyl (C=O) groups excluding carboxylic acids is 1. The van der Waals surface area contributed by atoms with Crippen molar-refractivity contribution in [2.24, 2.45) is 5.92 Å². The molecule has 0 radical (unpaired) electrons. The molecule has 0 saturated carbocycles. The SMILES string of the molecule is O=C(c1cc2ccccc2n1Cc1ccc(Cl)cc1)N1CCC(C(O)NCCc2ccccn2)CC1. The molecule has 7 heteroatoms. The van der Waals surface area contributed by atoms with E-state index < -0.39 is 6.23 Å². The minimum absolute atomic E-state index is 0.0382. The highest BCUT2D eigenvalue weighted by Gasteiger charge is 2.29. The van der Waals surface area contributed by atoms with Crippen molar-refractivity contribution in [2.45, 2.75) is 32.0 Å². The number of piperidine rings is 1. The highest BCUT2D eigenvalue weighted by atomic mass is 35.5. The van der Waals surface area contributed by atoms with Crippen LogP contribution in [0, 0.1) is 5.92 Å². The number of aliphatic hydroxyl groups is 1. The number of aliphatic hydroxyl groups excluding tert-OH is 1. The zero-order chi connectivity index (χ0) is 24.9. The van der Waals surface area contributed by atoms with Crippen molar-refractivity contribution < 1.29 is 9.90 Å². The predicted octanol–water partition coefficient (Wildman–Crippen LogP) is 4.74. The maximum atomic E-state index is 13.6. The molecule has 2 aromatic carbocycles. The molecule has 0 aliphatic carbocycles. The summed E-state index contributed by atoms with van der Waals surface area (Å²) in [4.78, 5) is 19.9. The number of hydrogen-bond acceptors (Lipinski definition) is 4. The van der Waals surface area contributed by atoms with E-state index in [-0.39, 0.29) is 11.8 Å². The number of hydrogen-bond donors (Lipinski definition) is 2. The normalized spacial score (nSPS) is 15.3. The number of para-hydroxylation sites is 1. The van der Waals surface area contributed by atoms with E-state index >= 15 is 0 Å². The molecular weight excluding hydrogens is 472 g/mol. The summed E-state index contributed by atoms with van der Waals surface area (Å²) < 4.78 is 2.10. The molecule has 2 N–H and O–H groups in total. The second-order valence-corrected chi connectivity index (χ2v) is 9.84. The third-order valence-electron chi connectivity index (χ3n) is 7.02. The van der Waals surface area contributed by atoms with Gasteiger partial charge in [-0.05, 0) is 54.8 Å². The van der Waals surface area contributed by atoms with Gasteiger partial charge in [0.1, 0.15) is 11.9 Å². The minimum Gasteiger partial charge on any atom is -0.378 e. The number of aromatic nitrogens is 2. The topological polar surface area (TPSA) is 70.4 Å². The number of benzene rings is 2. The fraction of sp³-hybridized carbons (Fsp3) is 0.310. The Labute approximate surface area is 216 Å². The lowest BCUT2D eigenvalue weighted by molar-refractivity contribution is 0.0317. The van der Waals surface area contributed by atoms with E-state index in [4.69, 9.17) is 11.6 Å². The number of carbonyl (C=O) groups is 1. The maximum absolute atomic E-state index is 13.6. The summed E-state index contributed by atoms with van der Waals surface area (Å²) in [5.41, 5.74) is 3.83. The minimum atomic E-state index is -0.581. The third-order valence-corrected chi connectivity index (χ3v) is 7.27. The van der Waals surface area contributed by atoms with Gasteiger partial charge >= 0.3 is 0 Å². The number of pyridine rings is 1. The predicted molar refractivity (Wildman–Crippen MR) is 143 cm³/mol. The Morgan fingerprint density at radius 1 is 1.06 bits per heavy atom. The zero-order valence-electron chi connectivity index (χ0n) is 20.2. The van der Waals surface area contributed by atoms with E-state index in [2.05, 4.69) is 20.9 Å². The van der Waals surface area contributed by atoms with Gasteiger partial charge in [0.15, 0.2) is 0 Å². The molecule has 1 atom stereocenters. The Bertz CT molecular complexity index is 1300. The highest BCUT2D eigenvalue weighted by Crippen LogP contribution is 2.26. The summed E-state index contributed by atoms with van der Waals surface area (Å²) in [6.45, 7) is 2.53. The summed E-state index contributed by atoms with van der Waals surface area (Å²) in [6, 6.07) is 23.7. The monoisotopic (exact) mass is 502 g/mol. The number of fused-ring (bicyclic) bond motifs is 1. The van der Waals surface area contributed by atoms with E-state index in [9.17, 15) is 9.90 Å². The Balaban J connectivity index is 1.23. The fourth-order valence-corrected chi connectivity index (χ4v) is 5.10. The van der Waals surface area contributed by atoms with Crippen molar-refractivity contribution in [2.75, 3.05) is 19.6 Å². The van der Waals surface area contributed by atoms with Crippen molar-refractivity contribution in [3.8, 4) is 0 Å². The van der Waals surface area contributed by atoms with Gasteiger partial charge in [0.25, 0.3) is 5.91 Å². The van der Waals surface area contributed by atoms with Crippen molar-refractivity contribution in [3.05, 3.63) is 101 Å². The van der Waals surface area contributed by atoms with Crippen LogP contribution in [0.1, 0.15) is 34.6 Å². The van der Waals surface area contributed by atoms with Gasteiger partial charge < -0.3 is 14.6 Å². The molecule has 3 heterocycles. The van der Waals surface area contributed by atoms with E-state index in [1.807, 2.05) is 71.6 Å². The number of rotatable bonds is 8. The smallest absolute Gasteiger partial charge is 0.270 e. The number of nitrogens with zero attached hydrogens (tertiary/aromatic N) is 3. The van der Waals surface area contributed by atoms with Gasteiger partial charge in [-0.25, -0.2) is 0 Å². The summed E-state index contributed by atoms with van der Waals surface area (Å²) in [7, 11) is 0. The molecule has 0 spiro atoms. The van der Waals surface area contributed by atoms with Crippen LogP contribution < -0.4 is 5.32 Å². The van der Waals surface area contributed by atoms with Crippen LogP contribution in [-0.2, 0) is 13.0 Å². The number of amides is 1. The molecule has 1 aliphatic rings. The lowest BCUT2D eigenvalue weighted by Gasteiger charge is -2.34. The van der Waals surface area contributed by atoms with Crippen molar-refractivity contribution in [3.63, 3.8) is 0 Å². The molecule has 1 unspecified atom stereocenters. The molecule has 1 saturated heterocycles. The third kappa shape index (κ3) is 5.62. The molecular formula is C29H31ClN4O2. The lowest BCUT2D eigenvalue weighted by atomic mass is 9.94. The van der Waals surface area contributed by atoms with Crippen molar-refractivity contribution >= 4 is 28.4 Å². The molecule has 6 nitrogen and oxygen atoms in total. The Hall–Kier alpha value is -3.19. The average Bonchev–Trinajstić information content (AvgIpc) is 3.28. The Kier molecular flexibility index (Phi) is 7.66. The standard InChI is InChI=1S/C29H31ClN4O2/c30-24-10-8-21(9-11-24)20-34-26-7-2-1-5-23(26)19-27(34)29(36)33-17-13-22(14-18-33)28(35)32-16-12-25-6-3-4-15-31-25/h1-11,15,19,22,28,32,35H,12-14,16-18,20H2. The van der Waals surface area contributed by atoms with Crippen molar-refractivity contribution in [1.29, 1.82) is 0 Å². The lowest BCUT2D eigenvalue weighted by Crippen LogP contribution is -2.45. The summed E-state index contributed by atoms with van der Waals surface area (Å²) in [6.07, 6.45) is 3.50. The molecule has 186 valence electrons. The second-order valence-electron chi connectivity index (χ2n) is 9.40. The van der Waals surface area contributed by atoms with Crippen LogP contribution in [0.5, 0.6) is 0 Å². The van der Waals surface area contributed by atoms with Gasteiger partial charge in [-0.1, -0.05) is 48.0 Å². The molecule has 0 bridgehead atoms. The van der Waals surface area contributed by atoms with Crippen LogP contribution >= 0.6 is 11.6 Å². The van der Waals surface area contributed by atoms with E-state index in [0.717, 1.165) is 41.4 Å². The van der Waals surface area contributed by atoms with Crippen LogP contribution in [0.2, 0.25) is 5.02 Å². The molecule has 1 fully saturated rings. The quantitative estimate of drug-likeness (QED) is 0.341. The second kappa shape index (κ2) is 11.2. The Morgan fingerprint density at radius 2 is 1.81 bits per heavy atom. The molecule has 1 amide bonds. The first-order chi connectivity index (χ1) is 17.6. The first-order valence-corrected chi connectivity index (χ1v) is 12.9. The number of nitrogens with one attached hydrogen (secondary N) is 1. The molecule has 5 rings (SSSR count). The van der Waals surface area contributed by atoms with Crippen LogP contribution in [0.3, 0.4) is 0 Å². The summed E-state index contributed by atoms with van der Waals surface area (Å²) >= 11 is 6.07. The largest absolute Gasteiger partial charge is 0.378 e. The van der Waals surface area contributed by atoms with Crippen LogP contribution in [0.25, 0.3) is 10.9 Å². The Morgan fingerprint density at radius 3 is 2.56 bits per heavy atom. The van der Waals surface area contributed by atoms with Gasteiger partial charge in [0.2, 0.25) is 0 Å². The van der Waals surface area contributed by atoms with Gasteiger partial charge in [-0.3, -0.25) is 15.1 Å². The summed E-state index contributed by atoms with van der Waals surface area (Å²) in [5, 5.41) is 15.7. The fourth-order valence-electron chi connectivity index (χ4n) is 4.97. The molecule has 36 heavy (non-hydrogen) atoms. The van der Waals surface area contributed by atoms with E-state index in [1.54, 1.807) is 6.20 Å². The summed E-state index contributed by atoms with van der Waals surface area (Å²) in [5.74, 6) is 0.161. The highest BCUT2D eigenvalue weighted by molar-refractivity contribution is 6.30. The van der Waals surface area contributed by atoms with Gasteiger partial charge in [-0.15, -0.1) is 0 Å². The number of likely N-dealkylation sites (tertiary alicyclic amines) is 1. The van der Waals surface area contributed by atoms with Crippen LogP contribution in [0.4, 0.5) is 0 Å². The molecule has 1 aliphatic heterocycles. The first kappa shape index (κ1) is 24.5. The van der Waals surface area contributed by atoms with Gasteiger partial charge in [0.05, 0.1) is 0 Å². The molecule has 2 aromatic heterocycles. The zero-order valence-corrected chi connectivity index (χ0v) is 20.9. The van der Waals surface area contributed by atoms with Gasteiger partial charge in [0, 0.05) is 66.3 Å². The van der Waals surface area contributed by atoms with E-state index in [1.165, 1.54) is 0 Å². The van der Waals surface area contributed by atoms with Crippen LogP contribution in [0.15, 0.2) is 79.0 Å². The molecule has 4 aromatic rings. The number of halogens is 1. The first-order valence-electron chi connectivity index (χ1n) is 12.5. The van der Waals surface area contributed by atoms with E-state index in [0.29, 0.717) is 36.9 Å². The maximum Gasteiger partial charge on any atom is 0.270 e. The van der Waals surface area contributed by atoms with Crippen LogP contribution in [-0.4, -0.2) is 51.3 Å². The average molecular weight is 503 g/mol. The van der Waals surface area contributed by atoms with Gasteiger partial charge in [-0.2, -0.15) is 0 Å². The van der Waals surface area contributed by atoms with Crippen molar-refractivity contribution in [1.82, 2.24) is 19.8 Å².